The van der Waals surface area contributed by atoms with Crippen molar-refractivity contribution in [1.29, 1.82) is 0 Å². The molecule has 1 saturated heterocycles. The number of nitrogens with one attached hydrogen (secondary N) is 1. The van der Waals surface area contributed by atoms with Gasteiger partial charge in [-0.3, -0.25) is 0 Å². The Bertz CT molecular complexity index is 589. The van der Waals surface area contributed by atoms with Crippen LogP contribution in [0.3, 0.4) is 0 Å². The van der Waals surface area contributed by atoms with Crippen molar-refractivity contribution in [1.82, 2.24) is 15.1 Å². The second-order valence-corrected chi connectivity index (χ2v) is 6.98. The summed E-state index contributed by atoms with van der Waals surface area (Å²) in [6.07, 6.45) is 2.42. The Hall–Kier alpha value is -0.930. The molecule has 154 valence electrons. The highest BCUT2D eigenvalue weighted by Crippen LogP contribution is 2.16. The highest BCUT2D eigenvalue weighted by Gasteiger charge is 2.21. The molecule has 0 aliphatic carbocycles. The van der Waals surface area contributed by atoms with E-state index < -0.39 is 0 Å². The molecule has 7 heteroatoms. The zero-order chi connectivity index (χ0) is 18.9. The zero-order valence-corrected chi connectivity index (χ0v) is 19.3. The predicted molar refractivity (Wildman–Crippen MR) is 120 cm³/mol. The van der Waals surface area contributed by atoms with Crippen molar-refractivity contribution in [3.05, 3.63) is 35.1 Å². The summed E-state index contributed by atoms with van der Waals surface area (Å²) in [6.45, 7) is 8.78. The Morgan fingerprint density at radius 2 is 2.00 bits per heavy atom. The molecule has 1 fully saturated rings. The number of piperidine rings is 1. The standard InChI is InChI=1S/C20H33FN4O.HI/c1-5-22-20(25-11-9-18(10-12-25)26-6-2)23-14-16-7-8-19(21)17(13-16)15-24(3)4;/h7-8,13,18H,5-6,9-12,14-15H2,1-4H3,(H,22,23);1H. The first-order valence-electron chi connectivity index (χ1n) is 9.60. The molecule has 0 spiro atoms. The summed E-state index contributed by atoms with van der Waals surface area (Å²) in [4.78, 5) is 9.05. The van der Waals surface area contributed by atoms with Crippen LogP contribution in [0.15, 0.2) is 23.2 Å². The highest BCUT2D eigenvalue weighted by molar-refractivity contribution is 14.0. The summed E-state index contributed by atoms with van der Waals surface area (Å²) in [7, 11) is 3.89. The van der Waals surface area contributed by atoms with Crippen LogP contribution < -0.4 is 5.32 Å². The summed E-state index contributed by atoms with van der Waals surface area (Å²) in [5.41, 5.74) is 1.74. The van der Waals surface area contributed by atoms with E-state index in [1.54, 1.807) is 6.07 Å². The van der Waals surface area contributed by atoms with Crippen LogP contribution in [0.5, 0.6) is 0 Å². The van der Waals surface area contributed by atoms with Crippen molar-refractivity contribution < 1.29 is 9.13 Å². The van der Waals surface area contributed by atoms with Crippen molar-refractivity contribution in [2.75, 3.05) is 40.3 Å². The monoisotopic (exact) mass is 492 g/mol. The number of nitrogens with zero attached hydrogens (tertiary/aromatic N) is 3. The van der Waals surface area contributed by atoms with Gasteiger partial charge in [-0.2, -0.15) is 0 Å². The summed E-state index contributed by atoms with van der Waals surface area (Å²) in [6, 6.07) is 5.29. The molecule has 0 amide bonds. The molecule has 2 rings (SSSR count). The average Bonchev–Trinajstić information content (AvgIpc) is 2.62. The van der Waals surface area contributed by atoms with E-state index in [9.17, 15) is 4.39 Å². The number of benzene rings is 1. The average molecular weight is 492 g/mol. The van der Waals surface area contributed by atoms with Gasteiger partial charge in [0.2, 0.25) is 0 Å². The van der Waals surface area contributed by atoms with E-state index in [1.165, 1.54) is 0 Å². The summed E-state index contributed by atoms with van der Waals surface area (Å²) in [5, 5.41) is 3.38. The van der Waals surface area contributed by atoms with E-state index in [0.717, 1.165) is 50.6 Å². The van der Waals surface area contributed by atoms with Gasteiger partial charge in [0.15, 0.2) is 5.96 Å². The fraction of sp³-hybridized carbons (Fsp3) is 0.650. The maximum absolute atomic E-state index is 13.9. The number of likely N-dealkylation sites (tertiary alicyclic amines) is 1. The lowest BCUT2D eigenvalue weighted by Gasteiger charge is -2.34. The Morgan fingerprint density at radius 3 is 2.59 bits per heavy atom. The van der Waals surface area contributed by atoms with Gasteiger partial charge in [-0.25, -0.2) is 9.38 Å². The zero-order valence-electron chi connectivity index (χ0n) is 17.0. The third kappa shape index (κ3) is 7.91. The molecule has 1 aromatic carbocycles. The first-order chi connectivity index (χ1) is 12.5. The smallest absolute Gasteiger partial charge is 0.194 e. The van der Waals surface area contributed by atoms with E-state index in [-0.39, 0.29) is 29.8 Å². The molecule has 1 aliphatic heterocycles. The molecule has 0 bridgehead atoms. The van der Waals surface area contributed by atoms with Crippen LogP contribution in [0.2, 0.25) is 0 Å². The van der Waals surface area contributed by atoms with Gasteiger partial charge in [-0.05, 0) is 58.5 Å². The lowest BCUT2D eigenvalue weighted by atomic mass is 10.1. The van der Waals surface area contributed by atoms with E-state index in [0.29, 0.717) is 24.8 Å². The molecule has 1 aromatic rings. The maximum Gasteiger partial charge on any atom is 0.194 e. The first kappa shape index (κ1) is 24.1. The molecule has 0 radical (unpaired) electrons. The van der Waals surface area contributed by atoms with Gasteiger partial charge in [-0.1, -0.05) is 6.07 Å². The molecular weight excluding hydrogens is 458 g/mol. The number of rotatable bonds is 7. The molecule has 0 unspecified atom stereocenters. The summed E-state index contributed by atoms with van der Waals surface area (Å²) in [5.74, 6) is 0.775. The van der Waals surface area contributed by atoms with Gasteiger partial charge < -0.3 is 19.9 Å². The lowest BCUT2D eigenvalue weighted by Crippen LogP contribution is -2.47. The van der Waals surface area contributed by atoms with Gasteiger partial charge in [-0.15, -0.1) is 24.0 Å². The van der Waals surface area contributed by atoms with E-state index in [2.05, 4.69) is 17.1 Å². The molecular formula is C20H34FIN4O. The number of halogens is 2. The van der Waals surface area contributed by atoms with Gasteiger partial charge in [0.1, 0.15) is 5.82 Å². The maximum atomic E-state index is 13.9. The van der Waals surface area contributed by atoms with Gasteiger partial charge in [0.25, 0.3) is 0 Å². The van der Waals surface area contributed by atoms with Crippen LogP contribution in [-0.4, -0.2) is 62.2 Å². The second-order valence-electron chi connectivity index (χ2n) is 6.98. The Balaban J connectivity index is 0.00000364. The number of hydrogen-bond acceptors (Lipinski definition) is 3. The highest BCUT2D eigenvalue weighted by atomic mass is 127. The Morgan fingerprint density at radius 1 is 1.30 bits per heavy atom. The third-order valence-corrected chi connectivity index (χ3v) is 4.49. The van der Waals surface area contributed by atoms with E-state index in [4.69, 9.17) is 9.73 Å². The minimum Gasteiger partial charge on any atom is -0.378 e. The van der Waals surface area contributed by atoms with Crippen LogP contribution >= 0.6 is 24.0 Å². The van der Waals surface area contributed by atoms with E-state index in [1.807, 2.05) is 38.1 Å². The Labute approximate surface area is 180 Å². The van der Waals surface area contributed by atoms with Crippen LogP contribution in [-0.2, 0) is 17.8 Å². The van der Waals surface area contributed by atoms with Crippen molar-refractivity contribution in [3.8, 4) is 0 Å². The summed E-state index contributed by atoms with van der Waals surface area (Å²) < 4.78 is 19.7. The first-order valence-corrected chi connectivity index (χ1v) is 9.60. The van der Waals surface area contributed by atoms with Crippen molar-refractivity contribution in [2.24, 2.45) is 4.99 Å². The summed E-state index contributed by atoms with van der Waals surface area (Å²) >= 11 is 0. The number of ether oxygens (including phenoxy) is 1. The van der Waals surface area contributed by atoms with Crippen molar-refractivity contribution in [2.45, 2.75) is 45.9 Å². The Kier molecular flexibility index (Phi) is 11.2. The lowest BCUT2D eigenvalue weighted by molar-refractivity contribution is 0.0263. The largest absolute Gasteiger partial charge is 0.378 e. The van der Waals surface area contributed by atoms with Crippen LogP contribution in [0, 0.1) is 5.82 Å². The van der Waals surface area contributed by atoms with Crippen molar-refractivity contribution >= 4 is 29.9 Å². The van der Waals surface area contributed by atoms with Gasteiger partial charge >= 0.3 is 0 Å². The van der Waals surface area contributed by atoms with Gasteiger partial charge in [0.05, 0.1) is 12.6 Å². The number of aliphatic imine (C=N–C) groups is 1. The molecule has 0 aromatic heterocycles. The van der Waals surface area contributed by atoms with E-state index >= 15 is 0 Å². The third-order valence-electron chi connectivity index (χ3n) is 4.49. The molecule has 5 nitrogen and oxygen atoms in total. The number of hydrogen-bond donors (Lipinski definition) is 1. The minimum absolute atomic E-state index is 0. The minimum atomic E-state index is -0.156. The molecule has 0 saturated carbocycles. The molecule has 1 heterocycles. The fourth-order valence-electron chi connectivity index (χ4n) is 3.25. The predicted octanol–water partition coefficient (Wildman–Crippen LogP) is 3.47. The molecule has 1 aliphatic rings. The fourth-order valence-corrected chi connectivity index (χ4v) is 3.25. The SMILES string of the molecule is CCNC(=NCc1ccc(F)c(CN(C)C)c1)N1CCC(OCC)CC1.I. The molecule has 1 N–H and O–H groups in total. The van der Waals surface area contributed by atoms with Crippen molar-refractivity contribution in [3.63, 3.8) is 0 Å². The molecule has 27 heavy (non-hydrogen) atoms. The second kappa shape index (κ2) is 12.5. The topological polar surface area (TPSA) is 40.1 Å². The van der Waals surface area contributed by atoms with Gasteiger partial charge in [0, 0.05) is 38.3 Å². The number of guanidine groups is 1. The van der Waals surface area contributed by atoms with Crippen LogP contribution in [0.1, 0.15) is 37.8 Å². The van der Waals surface area contributed by atoms with Crippen LogP contribution in [0.4, 0.5) is 4.39 Å². The molecule has 0 atom stereocenters. The quantitative estimate of drug-likeness (QED) is 0.360. The van der Waals surface area contributed by atoms with Crippen LogP contribution in [0.25, 0.3) is 0 Å². The normalized spacial score (nSPS) is 15.8.